The van der Waals surface area contributed by atoms with Crippen molar-refractivity contribution < 1.29 is 81.7 Å². The summed E-state index contributed by atoms with van der Waals surface area (Å²) in [6, 6.07) is 117. The molecular formula is C97H76Al3N7O10S4Zn2-. The average Bonchev–Trinajstić information content (AvgIpc) is 1.64. The first-order valence-electron chi connectivity index (χ1n) is 38.0. The van der Waals surface area contributed by atoms with Crippen LogP contribution < -0.4 is 10.9 Å². The fraction of sp³-hybridized carbons (Fsp3) is 0.0412. The van der Waals surface area contributed by atoms with Gasteiger partial charge in [0.05, 0.1) is 71.3 Å². The van der Waals surface area contributed by atoms with Crippen molar-refractivity contribution >= 4 is 104 Å². The van der Waals surface area contributed by atoms with Crippen LogP contribution in [0.5, 0.6) is 17.2 Å². The van der Waals surface area contributed by atoms with Crippen molar-refractivity contribution in [2.24, 2.45) is 0 Å². The molecule has 3 radical (unpaired) electrons. The van der Waals surface area contributed by atoms with Gasteiger partial charge in [0.25, 0.3) is 0 Å². The summed E-state index contributed by atoms with van der Waals surface area (Å²) in [5.41, 5.74) is 17.1. The molecule has 17 nitrogen and oxygen atoms in total. The van der Waals surface area contributed by atoms with E-state index in [-0.39, 0.29) is 44.7 Å². The van der Waals surface area contributed by atoms with E-state index in [1.165, 1.54) is 69.7 Å². The molecule has 0 aliphatic rings. The van der Waals surface area contributed by atoms with Crippen LogP contribution in [0.2, 0.25) is 0 Å². The van der Waals surface area contributed by atoms with E-state index in [0.717, 1.165) is 111 Å². The van der Waals surface area contributed by atoms with Crippen LogP contribution in [0.1, 0.15) is 11.5 Å². The number of benzene rings is 13. The minimum atomic E-state index is -3.56. The van der Waals surface area contributed by atoms with Crippen LogP contribution in [0.25, 0.3) is 149 Å². The Labute approximate surface area is 774 Å². The summed E-state index contributed by atoms with van der Waals surface area (Å²) in [6.45, 7) is 3.84. The Kier molecular flexibility index (Phi) is 31.7. The number of thiazole rings is 2. The normalized spacial score (nSPS) is 10.7. The molecule has 0 amide bonds. The zero-order chi connectivity index (χ0) is 84.2. The van der Waals surface area contributed by atoms with Gasteiger partial charge in [-0.05, 0) is 73.5 Å². The van der Waals surface area contributed by atoms with E-state index < -0.39 is 20.0 Å². The number of sulfonamides is 2. The van der Waals surface area contributed by atoms with Gasteiger partial charge in [-0.25, -0.2) is 41.8 Å². The third-order valence-corrected chi connectivity index (χ3v) is 24.9. The van der Waals surface area contributed by atoms with Crippen LogP contribution in [0, 0.1) is 13.8 Å². The van der Waals surface area contributed by atoms with Gasteiger partial charge >= 0.3 is 49.8 Å². The average molecular weight is 1840 g/mol. The third kappa shape index (κ3) is 22.9. The molecular weight excluding hydrogens is 1760 g/mol. The predicted molar refractivity (Wildman–Crippen MR) is 493 cm³/mol. The maximum absolute atomic E-state index is 12.1. The Hall–Kier alpha value is -11.5. The second kappa shape index (κ2) is 43.0. The van der Waals surface area contributed by atoms with E-state index in [1.54, 1.807) is 65.1 Å². The minimum absolute atomic E-state index is 0. The molecule has 0 saturated carbocycles. The van der Waals surface area contributed by atoms with Gasteiger partial charge < -0.3 is 33.9 Å². The number of hydrogen-bond acceptors (Lipinski definition) is 17. The van der Waals surface area contributed by atoms with Crippen molar-refractivity contribution in [1.29, 1.82) is 0 Å². The molecule has 18 aromatic rings. The summed E-state index contributed by atoms with van der Waals surface area (Å²) in [6.07, 6.45) is 2.24. The zero-order valence-electron chi connectivity index (χ0n) is 67.6. The van der Waals surface area contributed by atoms with E-state index >= 15 is 0 Å². The number of aromatic nitrogens is 5. The first kappa shape index (κ1) is 90.7. The van der Waals surface area contributed by atoms with Crippen molar-refractivity contribution in [3.63, 3.8) is 0 Å². The van der Waals surface area contributed by atoms with Gasteiger partial charge in [-0.1, -0.05) is 315 Å². The van der Waals surface area contributed by atoms with Crippen molar-refractivity contribution in [2.45, 2.75) is 13.8 Å². The number of aryl methyl sites for hydroxylation is 2. The molecule has 123 heavy (non-hydrogen) atoms. The smallest absolute Gasteiger partial charge is 0.494 e. The first-order chi connectivity index (χ1) is 58.9. The molecule has 26 heteroatoms. The molecule has 5 aromatic heterocycles. The van der Waals surface area contributed by atoms with E-state index in [4.69, 9.17) is 40.8 Å². The molecule has 0 bridgehead atoms. The maximum atomic E-state index is 12.1. The number of para-hydroxylation sites is 4. The third-order valence-electron chi connectivity index (χ3n) is 18.8. The fourth-order valence-corrected chi connectivity index (χ4v) is 16.9. The standard InChI is InChI=1S/2C22H17N2O3S.2C21H15NOS.C11H11NO2.3Al.2Zn.3H/c2*1-28(25,26)24-19-15-9-8-14-18(19)22-23-20(16-10-4-2-5-11-16)21(27-22)17-12-6-3-7-13-17;2*23-18-14-8-7-13-17(18)21-22-19(15-9-3-1-4-10-15)20(24-21)16-11-5-2-6-12-16;1-7-8(2)14-11(12-7)9-5-3-4-6-10(9)13;;;;;;;;/h2*2-15H,1H3;2*1-14,23H;3-6,13H,1-2H3;;;;;;;;/q2*-1;;;;3*+1;;;;;/p-2. The first-order valence-corrected chi connectivity index (χ1v) is 45.1. The van der Waals surface area contributed by atoms with E-state index in [1.807, 2.05) is 269 Å². The molecule has 0 saturated heterocycles. The molecule has 1 N–H and O–H groups in total. The Morgan fingerprint density at radius 1 is 0.350 bits per heavy atom. The Bertz CT molecular complexity index is 6480. The molecule has 13 aromatic carbocycles. The second-order valence-electron chi connectivity index (χ2n) is 27.1. The van der Waals surface area contributed by atoms with Gasteiger partial charge in [0.2, 0.25) is 27.7 Å². The SMILES string of the molecule is CS(=O)(=O)[N-]c1ccccc1-c1nc(-c2ccccc2)c(-c2ccccc2)o1.CS(=O)(=O)[N]([AlH])c1ccccc1-c1nc(-c2ccccc2)c(-c2ccccc2)o1.Cc1nc(-c2ccccc2[O][AlH])oc1C.Oc1ccccc1-c1nc(-c2ccccc2)c(-c2ccccc2)s1.[AlH][O]c1ccccc1-c1nc(-c2ccccc2)c(-c2ccccc2)s1.[Zn].[Zn]. The summed E-state index contributed by atoms with van der Waals surface area (Å²) >= 11 is 7.52. The van der Waals surface area contributed by atoms with Gasteiger partial charge in [0, 0.05) is 95.4 Å². The van der Waals surface area contributed by atoms with Crippen LogP contribution in [0.15, 0.2) is 377 Å². The van der Waals surface area contributed by atoms with Gasteiger partial charge in [-0.2, -0.15) is 0 Å². The van der Waals surface area contributed by atoms with E-state index in [0.29, 0.717) is 63.1 Å². The molecule has 5 heterocycles. The number of oxazole rings is 3. The van der Waals surface area contributed by atoms with Gasteiger partial charge in [-0.3, -0.25) is 0 Å². The van der Waals surface area contributed by atoms with E-state index in [9.17, 15) is 21.9 Å². The maximum Gasteiger partial charge on any atom is 0.494 e. The number of anilines is 1. The van der Waals surface area contributed by atoms with Crippen molar-refractivity contribution in [3.8, 4) is 161 Å². The Morgan fingerprint density at radius 2 is 0.667 bits per heavy atom. The van der Waals surface area contributed by atoms with Crippen LogP contribution in [-0.4, -0.2) is 109 Å². The monoisotopic (exact) mass is 1840 g/mol. The number of phenolic OH excluding ortho intramolecular Hbond substituents is 1. The second-order valence-corrected chi connectivity index (χ2v) is 34.4. The molecule has 0 unspecified atom stereocenters. The summed E-state index contributed by atoms with van der Waals surface area (Å²) in [5.74, 6) is 5.32. The topological polar surface area (TPSA) is 228 Å². The van der Waals surface area contributed by atoms with Crippen LogP contribution in [0.3, 0.4) is 0 Å². The Balaban J connectivity index is 0.000000142. The molecule has 597 valence electrons. The molecule has 0 aliphatic heterocycles. The molecule has 0 aliphatic carbocycles. The van der Waals surface area contributed by atoms with Crippen molar-refractivity contribution in [1.82, 2.24) is 24.9 Å². The van der Waals surface area contributed by atoms with Crippen LogP contribution >= 0.6 is 22.7 Å². The summed E-state index contributed by atoms with van der Waals surface area (Å²) in [4.78, 5) is 25.9. The number of aromatic hydroxyl groups is 1. The number of hydrogen-bond donors (Lipinski definition) is 1. The Morgan fingerprint density at radius 3 is 1.07 bits per heavy atom. The van der Waals surface area contributed by atoms with Crippen LogP contribution in [0.4, 0.5) is 11.4 Å². The summed E-state index contributed by atoms with van der Waals surface area (Å²) in [7, 11) is -6.98. The zero-order valence-corrected chi connectivity index (χ0v) is 81.0. The summed E-state index contributed by atoms with van der Waals surface area (Å²) in [5, 5.41) is 12.0. The van der Waals surface area contributed by atoms with Gasteiger partial charge in [0.1, 0.15) is 32.9 Å². The molecule has 0 spiro atoms. The number of phenols is 1. The largest absolute Gasteiger partial charge is 0.650 e. The molecule has 18 rings (SSSR count). The van der Waals surface area contributed by atoms with Gasteiger partial charge in [0.15, 0.2) is 11.5 Å². The quantitative estimate of drug-likeness (QED) is 0.0742. The molecule has 0 fully saturated rings. The predicted octanol–water partition coefficient (Wildman–Crippen LogP) is 23.2. The number of nitrogens with zero attached hydrogens (tertiary/aromatic N) is 7. The van der Waals surface area contributed by atoms with Crippen molar-refractivity contribution in [2.75, 3.05) is 15.8 Å². The molecule has 0 atom stereocenters. The summed E-state index contributed by atoms with van der Waals surface area (Å²) < 4.78 is 81.4. The van der Waals surface area contributed by atoms with Gasteiger partial charge in [-0.15, -0.1) is 28.4 Å². The van der Waals surface area contributed by atoms with E-state index in [2.05, 4.69) is 76.4 Å². The van der Waals surface area contributed by atoms with Crippen LogP contribution in [-0.2, 0) is 59.0 Å². The number of rotatable bonds is 19. The fourth-order valence-electron chi connectivity index (χ4n) is 12.8. The minimum Gasteiger partial charge on any atom is -0.650 e. The van der Waals surface area contributed by atoms with Crippen molar-refractivity contribution in [3.05, 3.63) is 380 Å².